The predicted octanol–water partition coefficient (Wildman–Crippen LogP) is 0.852. The summed E-state index contributed by atoms with van der Waals surface area (Å²) in [4.78, 5) is 50.6. The Hall–Kier alpha value is -5.46. The van der Waals surface area contributed by atoms with E-state index in [4.69, 9.17) is 28.8 Å². The maximum absolute atomic E-state index is 13.7. The van der Waals surface area contributed by atoms with E-state index in [1.54, 1.807) is 0 Å². The number of phenols is 2. The van der Waals surface area contributed by atoms with Crippen LogP contribution in [0.3, 0.4) is 0 Å². The number of aryl methyl sites for hydroxylation is 3. The molecule has 0 unspecified atom stereocenters. The summed E-state index contributed by atoms with van der Waals surface area (Å²) in [6.45, 7) is 4.79. The lowest BCUT2D eigenvalue weighted by Crippen LogP contribution is -2.60. The van der Waals surface area contributed by atoms with Crippen molar-refractivity contribution in [2.45, 2.75) is 64.4 Å². The molecule has 1 aliphatic rings. The van der Waals surface area contributed by atoms with Gasteiger partial charge in [-0.2, -0.15) is 0 Å². The van der Waals surface area contributed by atoms with Crippen LogP contribution in [0.1, 0.15) is 54.7 Å². The van der Waals surface area contributed by atoms with Crippen LogP contribution in [-0.4, -0.2) is 110 Å². The van der Waals surface area contributed by atoms with Gasteiger partial charge in [0.25, 0.3) is 5.91 Å². The fourth-order valence-corrected chi connectivity index (χ4v) is 5.28. The Morgan fingerprint density at radius 2 is 1.27 bits per heavy atom. The number of benzene rings is 3. The number of hydrogen-bond donors (Lipinski definition) is 8. The zero-order valence-corrected chi connectivity index (χ0v) is 27.9. The molecule has 1 saturated heterocycles. The minimum atomic E-state index is -1.90. The SMILES string of the molecule is COc1cc(C)c(C(=O)Oc2cc(C)c(C(=O)Oc3cc(C)c(C(=O)N[C@@H](C)C(=O)O)c(O)c3)c(O[C@H]3O[C@@H](CO)[C@H](O)[C@@H](O)[C@@H]3O)c2)c(O)c1. The van der Waals surface area contributed by atoms with Crippen LogP contribution in [0.4, 0.5) is 0 Å². The van der Waals surface area contributed by atoms with Gasteiger partial charge in [-0.1, -0.05) is 0 Å². The number of aliphatic carboxylic acids is 1. The molecular formula is C34H37NO16. The molecule has 0 bridgehead atoms. The van der Waals surface area contributed by atoms with Crippen molar-refractivity contribution in [2.75, 3.05) is 13.7 Å². The number of phenolic OH excluding ortho intramolecular Hbond substituents is 2. The number of nitrogens with one attached hydrogen (secondary N) is 1. The number of methoxy groups -OCH3 is 1. The number of esters is 2. The van der Waals surface area contributed by atoms with Crippen LogP contribution < -0.4 is 24.3 Å². The highest BCUT2D eigenvalue weighted by molar-refractivity contribution is 6.01. The maximum atomic E-state index is 13.7. The zero-order chi connectivity index (χ0) is 37.9. The van der Waals surface area contributed by atoms with E-state index in [1.165, 1.54) is 59.1 Å². The third-order valence-corrected chi connectivity index (χ3v) is 7.95. The van der Waals surface area contributed by atoms with Crippen LogP contribution in [-0.2, 0) is 9.53 Å². The molecule has 1 aliphatic heterocycles. The lowest BCUT2D eigenvalue weighted by Gasteiger charge is -2.39. The van der Waals surface area contributed by atoms with Crippen LogP contribution in [0, 0.1) is 20.8 Å². The second-order valence-corrected chi connectivity index (χ2v) is 11.7. The standard InChI is InChI=1S/C34H37NO16/c1-13-7-18(10-20(37)24(13)30(42)35-16(4)31(43)44)48-33(46)26-15(3)8-19(49-32(45)25-14(2)6-17(47-5)9-21(25)38)11-22(26)50-34-29(41)28(40)27(39)23(12-36)51-34/h6-11,16,23,27-29,34,36-41H,12H2,1-5H3,(H,35,42)(H,43,44)/t16-,23-,27-,28+,29-,34-/m0/s1. The molecule has 17 nitrogen and oxygen atoms in total. The van der Waals surface area contributed by atoms with Gasteiger partial charge in [0.05, 0.1) is 19.3 Å². The number of aromatic hydroxyl groups is 2. The zero-order valence-electron chi connectivity index (χ0n) is 27.9. The van der Waals surface area contributed by atoms with E-state index < -0.39 is 84.4 Å². The average Bonchev–Trinajstić information content (AvgIpc) is 3.03. The largest absolute Gasteiger partial charge is 0.507 e. The van der Waals surface area contributed by atoms with Crippen LogP contribution >= 0.6 is 0 Å². The summed E-state index contributed by atoms with van der Waals surface area (Å²) >= 11 is 0. The molecule has 3 aromatic carbocycles. The van der Waals surface area contributed by atoms with Crippen molar-refractivity contribution in [2.24, 2.45) is 0 Å². The summed E-state index contributed by atoms with van der Waals surface area (Å²) in [5, 5.41) is 73.1. The third-order valence-electron chi connectivity index (χ3n) is 7.95. The van der Waals surface area contributed by atoms with Crippen LogP contribution in [0.2, 0.25) is 0 Å². The van der Waals surface area contributed by atoms with Crippen molar-refractivity contribution < 1.29 is 78.6 Å². The van der Waals surface area contributed by atoms with Crippen molar-refractivity contribution in [1.29, 1.82) is 0 Å². The summed E-state index contributed by atoms with van der Waals surface area (Å²) in [7, 11) is 1.38. The van der Waals surface area contributed by atoms with Gasteiger partial charge in [-0.15, -0.1) is 0 Å². The quantitative estimate of drug-likeness (QED) is 0.101. The van der Waals surface area contributed by atoms with Crippen molar-refractivity contribution >= 4 is 23.8 Å². The summed E-state index contributed by atoms with van der Waals surface area (Å²) < 4.78 is 27.3. The van der Waals surface area contributed by atoms with Gasteiger partial charge in [-0.05, 0) is 62.6 Å². The molecule has 0 saturated carbocycles. The first-order valence-electron chi connectivity index (χ1n) is 15.3. The molecule has 0 aliphatic carbocycles. The Balaban J connectivity index is 1.71. The van der Waals surface area contributed by atoms with Crippen molar-refractivity contribution in [3.63, 3.8) is 0 Å². The van der Waals surface area contributed by atoms with Gasteiger partial charge in [-0.3, -0.25) is 9.59 Å². The minimum Gasteiger partial charge on any atom is -0.507 e. The highest BCUT2D eigenvalue weighted by atomic mass is 16.7. The van der Waals surface area contributed by atoms with Crippen molar-refractivity contribution in [1.82, 2.24) is 5.32 Å². The van der Waals surface area contributed by atoms with E-state index in [1.807, 2.05) is 0 Å². The first kappa shape index (κ1) is 38.3. The van der Waals surface area contributed by atoms with E-state index >= 15 is 0 Å². The number of amides is 1. The Kier molecular flexibility index (Phi) is 11.7. The smallest absolute Gasteiger partial charge is 0.347 e. The molecule has 0 aromatic heterocycles. The summed E-state index contributed by atoms with van der Waals surface area (Å²) in [5.41, 5.74) is -0.301. The second kappa shape index (κ2) is 15.6. The van der Waals surface area contributed by atoms with E-state index in [-0.39, 0.29) is 45.1 Å². The number of ether oxygens (including phenoxy) is 5. The highest BCUT2D eigenvalue weighted by Crippen LogP contribution is 2.36. The maximum Gasteiger partial charge on any atom is 0.347 e. The molecule has 1 heterocycles. The molecule has 6 atom stereocenters. The molecule has 0 spiro atoms. The van der Waals surface area contributed by atoms with Crippen LogP contribution in [0.15, 0.2) is 36.4 Å². The molecule has 51 heavy (non-hydrogen) atoms. The number of hydrogen-bond acceptors (Lipinski definition) is 15. The monoisotopic (exact) mass is 715 g/mol. The summed E-state index contributed by atoms with van der Waals surface area (Å²) in [6.07, 6.45) is -8.65. The molecule has 274 valence electrons. The van der Waals surface area contributed by atoms with Gasteiger partial charge in [-0.25, -0.2) is 9.59 Å². The molecule has 0 radical (unpaired) electrons. The Bertz CT molecular complexity index is 1790. The van der Waals surface area contributed by atoms with Crippen molar-refractivity contribution in [3.05, 3.63) is 69.8 Å². The first-order chi connectivity index (χ1) is 24.0. The number of carboxylic acid groups (broad SMARTS) is 1. The summed E-state index contributed by atoms with van der Waals surface area (Å²) in [6, 6.07) is 5.90. The molecular weight excluding hydrogens is 678 g/mol. The fraction of sp³-hybridized carbons (Fsp3) is 0.353. The highest BCUT2D eigenvalue weighted by Gasteiger charge is 2.45. The Morgan fingerprint density at radius 3 is 1.82 bits per heavy atom. The van der Waals surface area contributed by atoms with E-state index in [0.29, 0.717) is 5.56 Å². The minimum absolute atomic E-state index is 0.0696. The second-order valence-electron chi connectivity index (χ2n) is 11.7. The predicted molar refractivity (Wildman–Crippen MR) is 172 cm³/mol. The van der Waals surface area contributed by atoms with Crippen LogP contribution in [0.5, 0.6) is 34.5 Å². The normalized spacial score (nSPS) is 20.5. The first-order valence-corrected chi connectivity index (χ1v) is 15.3. The molecule has 4 rings (SSSR count). The van der Waals surface area contributed by atoms with Gasteiger partial charge >= 0.3 is 17.9 Å². The molecule has 1 fully saturated rings. The third kappa shape index (κ3) is 8.30. The summed E-state index contributed by atoms with van der Waals surface area (Å²) in [5.74, 6) is -6.03. The average molecular weight is 716 g/mol. The fourth-order valence-electron chi connectivity index (χ4n) is 5.28. The van der Waals surface area contributed by atoms with Gasteiger partial charge in [0.15, 0.2) is 0 Å². The number of aliphatic hydroxyl groups is 4. The lowest BCUT2D eigenvalue weighted by molar-refractivity contribution is -0.277. The van der Waals surface area contributed by atoms with Gasteiger partial charge in [0, 0.05) is 18.2 Å². The van der Waals surface area contributed by atoms with Crippen molar-refractivity contribution in [3.8, 4) is 34.5 Å². The van der Waals surface area contributed by atoms with Gasteiger partial charge < -0.3 is 64.7 Å². The topological polar surface area (TPSA) is 268 Å². The van der Waals surface area contributed by atoms with Crippen LogP contribution in [0.25, 0.3) is 0 Å². The molecule has 1 amide bonds. The van der Waals surface area contributed by atoms with E-state index in [2.05, 4.69) is 5.32 Å². The Morgan fingerprint density at radius 1 is 0.765 bits per heavy atom. The van der Waals surface area contributed by atoms with Gasteiger partial charge in [0.2, 0.25) is 6.29 Å². The molecule has 3 aromatic rings. The number of carbonyl (C=O) groups excluding carboxylic acids is 3. The number of rotatable bonds is 11. The number of aliphatic hydroxyl groups excluding tert-OH is 4. The number of carboxylic acids is 1. The van der Waals surface area contributed by atoms with E-state index in [9.17, 15) is 49.8 Å². The number of carbonyl (C=O) groups is 4. The molecule has 8 N–H and O–H groups in total. The van der Waals surface area contributed by atoms with Gasteiger partial charge in [0.1, 0.15) is 76.1 Å². The Labute approximate surface area is 290 Å². The molecule has 17 heteroatoms. The lowest BCUT2D eigenvalue weighted by atomic mass is 9.99. The van der Waals surface area contributed by atoms with E-state index in [0.717, 1.165) is 12.1 Å².